The number of carbonyl (C=O) groups is 1. The molecule has 0 N–H and O–H groups in total. The molecular formula is C19H22F2N4O4S. The quantitative estimate of drug-likeness (QED) is 0.697. The Morgan fingerprint density at radius 1 is 1.20 bits per heavy atom. The fraction of sp³-hybridized carbons (Fsp3) is 0.526. The van der Waals surface area contributed by atoms with E-state index in [1.54, 1.807) is 23.1 Å². The van der Waals surface area contributed by atoms with Gasteiger partial charge in [-0.05, 0) is 24.6 Å². The minimum Gasteiger partial charge on any atom is -0.368 e. The van der Waals surface area contributed by atoms with Crippen LogP contribution in [-0.4, -0.2) is 72.9 Å². The van der Waals surface area contributed by atoms with Gasteiger partial charge in [0, 0.05) is 31.9 Å². The van der Waals surface area contributed by atoms with E-state index in [1.807, 2.05) is 0 Å². The average molecular weight is 440 g/mol. The number of nitrogens with zero attached hydrogens (tertiary/aromatic N) is 4. The summed E-state index contributed by atoms with van der Waals surface area (Å²) in [5, 5.41) is 0.276. The molecule has 3 heterocycles. The smallest absolute Gasteiger partial charge is 0.261 e. The number of amides is 1. The van der Waals surface area contributed by atoms with Crippen molar-refractivity contribution in [3.63, 3.8) is 0 Å². The van der Waals surface area contributed by atoms with Crippen molar-refractivity contribution in [2.75, 3.05) is 42.6 Å². The topological polar surface area (TPSA) is 92.6 Å². The Morgan fingerprint density at radius 2 is 1.93 bits per heavy atom. The molecule has 0 bridgehead atoms. The molecule has 1 aromatic carbocycles. The number of anilines is 1. The summed E-state index contributed by atoms with van der Waals surface area (Å²) in [6.45, 7) is 1.41. The molecule has 8 nitrogen and oxygen atoms in total. The Labute approximate surface area is 172 Å². The second-order valence-electron chi connectivity index (χ2n) is 7.71. The maximum Gasteiger partial charge on any atom is 0.261 e. The van der Waals surface area contributed by atoms with Crippen molar-refractivity contribution in [1.82, 2.24) is 14.5 Å². The number of benzene rings is 1. The van der Waals surface area contributed by atoms with Crippen LogP contribution in [0.2, 0.25) is 0 Å². The molecule has 11 heteroatoms. The van der Waals surface area contributed by atoms with Crippen molar-refractivity contribution in [2.24, 2.45) is 5.92 Å². The van der Waals surface area contributed by atoms with E-state index in [4.69, 9.17) is 0 Å². The van der Waals surface area contributed by atoms with Crippen molar-refractivity contribution < 1.29 is 22.0 Å². The number of hydrogen-bond acceptors (Lipinski definition) is 6. The first-order valence-corrected chi connectivity index (χ1v) is 11.6. The Hall–Kier alpha value is -2.56. The lowest BCUT2D eigenvalue weighted by Gasteiger charge is -2.37. The number of fused-ring (bicyclic) bond motifs is 1. The van der Waals surface area contributed by atoms with Crippen molar-refractivity contribution in [3.8, 4) is 0 Å². The number of aromatic nitrogens is 2. The number of halogens is 2. The van der Waals surface area contributed by atoms with E-state index in [1.165, 1.54) is 0 Å². The van der Waals surface area contributed by atoms with Gasteiger partial charge in [0.25, 0.3) is 12.0 Å². The molecule has 2 aliphatic heterocycles. The third kappa shape index (κ3) is 4.16. The molecule has 1 atom stereocenters. The van der Waals surface area contributed by atoms with Crippen molar-refractivity contribution in [3.05, 3.63) is 34.9 Å². The molecule has 0 spiro atoms. The van der Waals surface area contributed by atoms with E-state index in [0.717, 1.165) is 16.6 Å². The summed E-state index contributed by atoms with van der Waals surface area (Å²) >= 11 is 0. The molecule has 2 aromatic rings. The van der Waals surface area contributed by atoms with Gasteiger partial charge in [-0.25, -0.2) is 22.2 Å². The van der Waals surface area contributed by atoms with E-state index in [9.17, 15) is 26.8 Å². The van der Waals surface area contributed by atoms with Crippen molar-refractivity contribution in [1.29, 1.82) is 0 Å². The summed E-state index contributed by atoms with van der Waals surface area (Å²) in [4.78, 5) is 32.8. The highest BCUT2D eigenvalue weighted by atomic mass is 32.2. The molecule has 1 aromatic heterocycles. The predicted molar refractivity (Wildman–Crippen MR) is 108 cm³/mol. The van der Waals surface area contributed by atoms with Crippen LogP contribution in [0.5, 0.6) is 0 Å². The van der Waals surface area contributed by atoms with Gasteiger partial charge >= 0.3 is 0 Å². The van der Waals surface area contributed by atoms with Gasteiger partial charge < -0.3 is 9.80 Å². The van der Waals surface area contributed by atoms with Crippen LogP contribution in [0.25, 0.3) is 10.9 Å². The Balaban J connectivity index is 1.44. The van der Waals surface area contributed by atoms with E-state index in [2.05, 4.69) is 9.88 Å². The van der Waals surface area contributed by atoms with E-state index in [0.29, 0.717) is 38.1 Å². The standard InChI is InChI=1S/C19H22F2N4O4S/c20-17(21)10-25-12-22-16-9-14(1-2-15(16)19(25)27)23-4-6-24(7-5-23)18(26)13-3-8-30(28,29)11-13/h1-2,9,12-13,17H,3-8,10-11H2. The van der Waals surface area contributed by atoms with Crippen LogP contribution in [-0.2, 0) is 21.2 Å². The summed E-state index contributed by atoms with van der Waals surface area (Å²) in [5.41, 5.74) is 0.753. The first kappa shape index (κ1) is 20.7. The predicted octanol–water partition coefficient (Wildman–Crippen LogP) is 0.745. The molecule has 1 unspecified atom stereocenters. The molecule has 0 aliphatic carbocycles. The van der Waals surface area contributed by atoms with Crippen LogP contribution < -0.4 is 10.5 Å². The summed E-state index contributed by atoms with van der Waals surface area (Å²) < 4.78 is 49.3. The molecule has 1 amide bonds. The first-order valence-electron chi connectivity index (χ1n) is 9.75. The van der Waals surface area contributed by atoms with Crippen LogP contribution in [0.3, 0.4) is 0 Å². The molecule has 2 aliphatic rings. The highest BCUT2D eigenvalue weighted by Crippen LogP contribution is 2.24. The summed E-state index contributed by atoms with van der Waals surface area (Å²) in [6, 6.07) is 5.08. The maximum atomic E-state index is 12.6. The second kappa shape index (κ2) is 7.93. The fourth-order valence-electron chi connectivity index (χ4n) is 4.06. The number of hydrogen-bond donors (Lipinski definition) is 0. The third-order valence-electron chi connectivity index (χ3n) is 5.68. The van der Waals surface area contributed by atoms with Gasteiger partial charge in [-0.15, -0.1) is 0 Å². The molecule has 30 heavy (non-hydrogen) atoms. The van der Waals surface area contributed by atoms with Crippen LogP contribution in [0.4, 0.5) is 14.5 Å². The Kier molecular flexibility index (Phi) is 5.48. The zero-order chi connectivity index (χ0) is 21.5. The molecule has 0 saturated carbocycles. The van der Waals surface area contributed by atoms with Gasteiger partial charge in [-0.3, -0.25) is 14.2 Å². The molecular weight excluding hydrogens is 418 g/mol. The normalized spacial score (nSPS) is 21.5. The monoisotopic (exact) mass is 440 g/mol. The number of piperazine rings is 1. The minimum absolute atomic E-state index is 0.0640. The zero-order valence-electron chi connectivity index (χ0n) is 16.2. The lowest BCUT2D eigenvalue weighted by molar-refractivity contribution is -0.135. The zero-order valence-corrected chi connectivity index (χ0v) is 17.0. The lowest BCUT2D eigenvalue weighted by Crippen LogP contribution is -2.50. The number of sulfone groups is 1. The lowest BCUT2D eigenvalue weighted by atomic mass is 10.1. The van der Waals surface area contributed by atoms with Gasteiger partial charge in [0.2, 0.25) is 5.91 Å². The molecule has 2 fully saturated rings. The van der Waals surface area contributed by atoms with Gasteiger partial charge in [-0.1, -0.05) is 0 Å². The highest BCUT2D eigenvalue weighted by Gasteiger charge is 2.36. The van der Waals surface area contributed by atoms with Gasteiger partial charge in [0.1, 0.15) is 0 Å². The molecule has 0 radical (unpaired) electrons. The second-order valence-corrected chi connectivity index (χ2v) is 9.94. The molecule has 4 rings (SSSR count). The van der Waals surface area contributed by atoms with Gasteiger partial charge in [0.05, 0.1) is 41.2 Å². The van der Waals surface area contributed by atoms with Crippen LogP contribution in [0, 0.1) is 5.92 Å². The number of rotatable bonds is 4. The third-order valence-corrected chi connectivity index (χ3v) is 7.45. The van der Waals surface area contributed by atoms with E-state index >= 15 is 0 Å². The van der Waals surface area contributed by atoms with E-state index in [-0.39, 0.29) is 22.8 Å². The summed E-state index contributed by atoms with van der Waals surface area (Å²) in [5.74, 6) is -0.532. The Bertz CT molecular complexity index is 1130. The number of alkyl halides is 2. The Morgan fingerprint density at radius 3 is 2.57 bits per heavy atom. The molecule has 162 valence electrons. The summed E-state index contributed by atoms with van der Waals surface area (Å²) in [6.07, 6.45) is -1.11. The summed E-state index contributed by atoms with van der Waals surface area (Å²) in [7, 11) is -3.10. The average Bonchev–Trinajstić information content (AvgIpc) is 3.09. The SMILES string of the molecule is O=C(C1CCS(=O)(=O)C1)N1CCN(c2ccc3c(=O)n(CC(F)F)cnc3c2)CC1. The molecule has 2 saturated heterocycles. The first-order chi connectivity index (χ1) is 14.2. The van der Waals surface area contributed by atoms with Crippen LogP contribution in [0.15, 0.2) is 29.3 Å². The van der Waals surface area contributed by atoms with Crippen LogP contribution >= 0.6 is 0 Å². The minimum atomic E-state index is -3.10. The number of carbonyl (C=O) groups excluding carboxylic acids is 1. The van der Waals surface area contributed by atoms with E-state index < -0.39 is 34.3 Å². The van der Waals surface area contributed by atoms with Gasteiger partial charge in [0.15, 0.2) is 9.84 Å². The van der Waals surface area contributed by atoms with Crippen molar-refractivity contribution in [2.45, 2.75) is 19.4 Å². The highest BCUT2D eigenvalue weighted by molar-refractivity contribution is 7.91. The maximum absolute atomic E-state index is 12.6. The largest absolute Gasteiger partial charge is 0.368 e. The van der Waals surface area contributed by atoms with Crippen LogP contribution in [0.1, 0.15) is 6.42 Å². The van der Waals surface area contributed by atoms with Crippen molar-refractivity contribution >= 4 is 32.3 Å². The fourth-order valence-corrected chi connectivity index (χ4v) is 5.79. The van der Waals surface area contributed by atoms with Gasteiger partial charge in [-0.2, -0.15) is 0 Å².